The highest BCUT2D eigenvalue weighted by molar-refractivity contribution is 4.87. The van der Waals surface area contributed by atoms with Gasteiger partial charge in [-0.2, -0.15) is 0 Å². The molecule has 0 spiro atoms. The Morgan fingerprint density at radius 2 is 2.33 bits per heavy atom. The molecule has 1 aliphatic rings. The highest BCUT2D eigenvalue weighted by atomic mass is 16.5. The molecule has 0 radical (unpaired) electrons. The van der Waals surface area contributed by atoms with Crippen LogP contribution in [0.15, 0.2) is 12.2 Å². The number of ether oxygens (including phenoxy) is 1. The Morgan fingerprint density at radius 3 is 2.87 bits per heavy atom. The van der Waals surface area contributed by atoms with Crippen molar-refractivity contribution in [3.63, 3.8) is 0 Å². The Kier molecular flexibility index (Phi) is 5.29. The minimum atomic E-state index is 0.637. The first-order valence-corrected chi connectivity index (χ1v) is 5.75. The van der Waals surface area contributed by atoms with Gasteiger partial charge in [0.1, 0.15) is 0 Å². The quantitative estimate of drug-likeness (QED) is 0.530. The fraction of sp³-hybridized carbons (Fsp3) is 0.833. The van der Waals surface area contributed by atoms with Gasteiger partial charge in [0, 0.05) is 25.2 Å². The largest absolute Gasteiger partial charge is 0.376 e. The molecule has 1 aliphatic heterocycles. The van der Waals surface area contributed by atoms with E-state index in [0.717, 1.165) is 25.3 Å². The molecule has 88 valence electrons. The molecule has 3 nitrogen and oxygen atoms in total. The van der Waals surface area contributed by atoms with Crippen molar-refractivity contribution >= 4 is 0 Å². The predicted octanol–water partition coefficient (Wildman–Crippen LogP) is 1.26. The summed E-state index contributed by atoms with van der Waals surface area (Å²) in [5.74, 6) is 0. The molecule has 15 heavy (non-hydrogen) atoms. The Labute approximate surface area is 93.5 Å². The maximum Gasteiger partial charge on any atom is 0.0672 e. The van der Waals surface area contributed by atoms with E-state index < -0.39 is 0 Å². The van der Waals surface area contributed by atoms with E-state index in [4.69, 9.17) is 4.74 Å². The maximum atomic E-state index is 5.43. The zero-order valence-corrected chi connectivity index (χ0v) is 10.3. The van der Waals surface area contributed by atoms with Gasteiger partial charge in [-0.25, -0.2) is 0 Å². The van der Waals surface area contributed by atoms with Crippen LogP contribution >= 0.6 is 0 Å². The van der Waals surface area contributed by atoms with Crippen LogP contribution in [-0.4, -0.2) is 50.3 Å². The molecule has 0 saturated carbocycles. The van der Waals surface area contributed by atoms with Crippen molar-refractivity contribution in [3.8, 4) is 0 Å². The van der Waals surface area contributed by atoms with Crippen LogP contribution < -0.4 is 5.32 Å². The van der Waals surface area contributed by atoms with Gasteiger partial charge in [-0.05, 0) is 27.3 Å². The molecule has 0 aliphatic carbocycles. The van der Waals surface area contributed by atoms with Crippen LogP contribution in [0.3, 0.4) is 0 Å². The molecule has 1 saturated heterocycles. The van der Waals surface area contributed by atoms with Gasteiger partial charge >= 0.3 is 0 Å². The van der Waals surface area contributed by atoms with E-state index in [1.165, 1.54) is 6.42 Å². The van der Waals surface area contributed by atoms with Gasteiger partial charge in [0.25, 0.3) is 0 Å². The summed E-state index contributed by atoms with van der Waals surface area (Å²) in [5.41, 5.74) is 1.09. The van der Waals surface area contributed by atoms with E-state index in [-0.39, 0.29) is 0 Å². The Hall–Kier alpha value is -0.380. The summed E-state index contributed by atoms with van der Waals surface area (Å²) in [6.45, 7) is 11.6. The molecule has 3 heteroatoms. The van der Waals surface area contributed by atoms with E-state index in [1.54, 1.807) is 0 Å². The lowest BCUT2D eigenvalue weighted by molar-refractivity contribution is 0.155. The summed E-state index contributed by atoms with van der Waals surface area (Å²) in [5, 5.41) is 3.52. The number of hydrogen-bond acceptors (Lipinski definition) is 3. The maximum absolute atomic E-state index is 5.43. The Morgan fingerprint density at radius 1 is 1.60 bits per heavy atom. The van der Waals surface area contributed by atoms with Crippen molar-refractivity contribution in [1.82, 2.24) is 10.2 Å². The highest BCUT2D eigenvalue weighted by Crippen LogP contribution is 2.14. The fourth-order valence-electron chi connectivity index (χ4n) is 1.92. The molecule has 1 heterocycles. The summed E-state index contributed by atoms with van der Waals surface area (Å²) in [7, 11) is 2.18. The molecule has 0 bridgehead atoms. The molecule has 0 aromatic heterocycles. The minimum absolute atomic E-state index is 0.637. The van der Waals surface area contributed by atoms with Crippen molar-refractivity contribution < 1.29 is 4.74 Å². The molecule has 2 unspecified atom stereocenters. The van der Waals surface area contributed by atoms with E-state index >= 15 is 0 Å². The summed E-state index contributed by atoms with van der Waals surface area (Å²) >= 11 is 0. The molecule has 2 atom stereocenters. The first kappa shape index (κ1) is 12.7. The second-order valence-electron chi connectivity index (χ2n) is 4.69. The molecular formula is C12H24N2O. The third-order valence-electron chi connectivity index (χ3n) is 2.91. The van der Waals surface area contributed by atoms with Gasteiger partial charge in [0.05, 0.1) is 13.2 Å². The van der Waals surface area contributed by atoms with Crippen LogP contribution in [0.25, 0.3) is 0 Å². The number of nitrogens with zero attached hydrogens (tertiary/aromatic N) is 1. The van der Waals surface area contributed by atoms with Crippen LogP contribution in [0.4, 0.5) is 0 Å². The predicted molar refractivity (Wildman–Crippen MR) is 64.1 cm³/mol. The monoisotopic (exact) mass is 212 g/mol. The van der Waals surface area contributed by atoms with E-state index in [2.05, 4.69) is 30.8 Å². The van der Waals surface area contributed by atoms with Gasteiger partial charge in [-0.15, -0.1) is 0 Å². The zero-order valence-electron chi connectivity index (χ0n) is 10.3. The Balaban J connectivity index is 1.99. The van der Waals surface area contributed by atoms with Gasteiger partial charge in [0.15, 0.2) is 0 Å². The van der Waals surface area contributed by atoms with Crippen molar-refractivity contribution in [2.45, 2.75) is 32.4 Å². The summed E-state index contributed by atoms with van der Waals surface area (Å²) in [6.07, 6.45) is 1.25. The second-order valence-corrected chi connectivity index (χ2v) is 4.69. The standard InChI is InChI=1S/C12H24N2O/c1-10(2)9-15-6-5-13-12-7-11(3)14(4)8-12/h11-13H,1,5-9H2,2-4H3. The van der Waals surface area contributed by atoms with E-state index in [0.29, 0.717) is 18.7 Å². The molecule has 1 rings (SSSR count). The van der Waals surface area contributed by atoms with Crippen LogP contribution in [0.2, 0.25) is 0 Å². The van der Waals surface area contributed by atoms with Crippen LogP contribution in [0.1, 0.15) is 20.3 Å². The Bertz CT molecular complexity index is 196. The summed E-state index contributed by atoms with van der Waals surface area (Å²) < 4.78 is 5.43. The van der Waals surface area contributed by atoms with E-state index in [9.17, 15) is 0 Å². The van der Waals surface area contributed by atoms with Crippen LogP contribution in [-0.2, 0) is 4.74 Å². The molecule has 0 aromatic rings. The van der Waals surface area contributed by atoms with Gasteiger partial charge in [-0.3, -0.25) is 0 Å². The smallest absolute Gasteiger partial charge is 0.0672 e. The van der Waals surface area contributed by atoms with Crippen molar-refractivity contribution in [3.05, 3.63) is 12.2 Å². The van der Waals surface area contributed by atoms with Crippen molar-refractivity contribution in [2.75, 3.05) is 33.4 Å². The van der Waals surface area contributed by atoms with E-state index in [1.807, 2.05) is 6.92 Å². The molecule has 1 N–H and O–H groups in total. The van der Waals surface area contributed by atoms with Crippen molar-refractivity contribution in [2.24, 2.45) is 0 Å². The lowest BCUT2D eigenvalue weighted by Gasteiger charge is -2.13. The summed E-state index contributed by atoms with van der Waals surface area (Å²) in [6, 6.07) is 1.34. The number of hydrogen-bond donors (Lipinski definition) is 1. The van der Waals surface area contributed by atoms with Gasteiger partial charge in [0.2, 0.25) is 0 Å². The second kappa shape index (κ2) is 6.26. The third-order valence-corrected chi connectivity index (χ3v) is 2.91. The molecule has 0 amide bonds. The van der Waals surface area contributed by atoms with Gasteiger partial charge < -0.3 is 15.0 Å². The third kappa shape index (κ3) is 4.78. The summed E-state index contributed by atoms with van der Waals surface area (Å²) in [4.78, 5) is 2.40. The zero-order chi connectivity index (χ0) is 11.3. The topological polar surface area (TPSA) is 24.5 Å². The number of nitrogens with one attached hydrogen (secondary N) is 1. The average molecular weight is 212 g/mol. The van der Waals surface area contributed by atoms with Gasteiger partial charge in [-0.1, -0.05) is 12.2 Å². The highest BCUT2D eigenvalue weighted by Gasteiger charge is 2.24. The van der Waals surface area contributed by atoms with Crippen LogP contribution in [0.5, 0.6) is 0 Å². The molecule has 0 aromatic carbocycles. The average Bonchev–Trinajstić information content (AvgIpc) is 2.45. The number of likely N-dealkylation sites (N-methyl/N-ethyl adjacent to an activating group) is 1. The number of likely N-dealkylation sites (tertiary alicyclic amines) is 1. The van der Waals surface area contributed by atoms with Crippen molar-refractivity contribution in [1.29, 1.82) is 0 Å². The normalized spacial score (nSPS) is 27.1. The van der Waals surface area contributed by atoms with Crippen LogP contribution in [0, 0.1) is 0 Å². The SMILES string of the molecule is C=C(C)COCCNC1CC(C)N(C)C1. The lowest BCUT2D eigenvalue weighted by Crippen LogP contribution is -2.34. The lowest BCUT2D eigenvalue weighted by atomic mass is 10.2. The molecule has 1 fully saturated rings. The first-order valence-electron chi connectivity index (χ1n) is 5.75. The number of rotatable bonds is 6. The minimum Gasteiger partial charge on any atom is -0.376 e. The fourth-order valence-corrected chi connectivity index (χ4v) is 1.92. The molecular weight excluding hydrogens is 188 g/mol. The first-order chi connectivity index (χ1) is 7.09.